The van der Waals surface area contributed by atoms with Crippen LogP contribution < -0.4 is 4.89 Å². The van der Waals surface area contributed by atoms with E-state index in [0.717, 1.165) is 109 Å². The van der Waals surface area contributed by atoms with Crippen LogP contribution in [0, 0.1) is 0 Å². The standard InChI is InChI=1S/C70H120NO8P/c1-6-8-10-12-14-16-18-20-22-24-26-28-30-32-34-35-37-38-40-42-44-46-48-50-52-54-56-58-60-62-69(72)76-66-68(67-78-80(74,75)77-65-64-71(3,4)5)79-70(73)63-61-59-57-55-53-51-49-47-45-43-41-39-36-33-31-29-27-25-23-21-19-17-15-13-11-9-7-2/h9,11,15,17-18,20-21,23-24,26-27,29-30,32-33,36,41,43,47,49,68H,6-8,10,12-14,16,19,22,25,28,31,34-35,37-40,42,44-46,48,50-67H2,1-5H3/b11-9-,17-15-,20-18-,23-21-,26-24-,29-27-,32-30-,36-33-,43-41-,49-47-. The first kappa shape index (κ1) is 76.4. The Balaban J connectivity index is 4.18. The van der Waals surface area contributed by atoms with E-state index in [2.05, 4.69) is 135 Å². The maximum absolute atomic E-state index is 12.8. The molecule has 0 saturated heterocycles. The van der Waals surface area contributed by atoms with Gasteiger partial charge in [0.05, 0.1) is 27.7 Å². The molecule has 10 heteroatoms. The van der Waals surface area contributed by atoms with E-state index in [1.54, 1.807) is 0 Å². The predicted octanol–water partition coefficient (Wildman–Crippen LogP) is 20.1. The number of hydrogen-bond donors (Lipinski definition) is 0. The summed E-state index contributed by atoms with van der Waals surface area (Å²) in [4.78, 5) is 38.0. The minimum atomic E-state index is -4.65. The van der Waals surface area contributed by atoms with E-state index < -0.39 is 32.5 Å². The van der Waals surface area contributed by atoms with Crippen molar-refractivity contribution in [1.82, 2.24) is 0 Å². The van der Waals surface area contributed by atoms with Crippen molar-refractivity contribution in [2.45, 2.75) is 264 Å². The summed E-state index contributed by atoms with van der Waals surface area (Å²) in [7, 11) is 1.14. The Labute approximate surface area is 492 Å². The molecule has 2 unspecified atom stereocenters. The summed E-state index contributed by atoms with van der Waals surface area (Å²) >= 11 is 0. The third kappa shape index (κ3) is 63.6. The zero-order chi connectivity index (χ0) is 58.4. The molecule has 0 N–H and O–H groups in total. The molecule has 0 radical (unpaired) electrons. The molecule has 0 saturated carbocycles. The lowest BCUT2D eigenvalue weighted by Crippen LogP contribution is -2.37. The molecule has 0 aromatic rings. The minimum Gasteiger partial charge on any atom is -0.756 e. The summed E-state index contributed by atoms with van der Waals surface area (Å²) in [6.45, 7) is 4.09. The first-order valence-electron chi connectivity index (χ1n) is 32.2. The number of esters is 2. The Morgan fingerprint density at radius 1 is 0.400 bits per heavy atom. The second-order valence-corrected chi connectivity index (χ2v) is 23.8. The Bertz CT molecular complexity index is 1760. The number of likely N-dealkylation sites (N-methyl/N-ethyl adjacent to an activating group) is 1. The van der Waals surface area contributed by atoms with E-state index >= 15 is 0 Å². The van der Waals surface area contributed by atoms with E-state index in [-0.39, 0.29) is 26.1 Å². The number of allylic oxidation sites excluding steroid dienone is 20. The molecule has 458 valence electrons. The number of ether oxygens (including phenoxy) is 2. The normalized spacial score (nSPS) is 14.0. The van der Waals surface area contributed by atoms with Crippen LogP contribution >= 0.6 is 7.82 Å². The highest BCUT2D eigenvalue weighted by atomic mass is 31.2. The first-order chi connectivity index (χ1) is 39.0. The van der Waals surface area contributed by atoms with Gasteiger partial charge in [0.15, 0.2) is 6.10 Å². The Kier molecular flexibility index (Phi) is 57.3. The van der Waals surface area contributed by atoms with Crippen molar-refractivity contribution in [2.24, 2.45) is 0 Å². The average Bonchev–Trinajstić information content (AvgIpc) is 3.42. The van der Waals surface area contributed by atoms with Crippen molar-refractivity contribution in [3.63, 3.8) is 0 Å². The van der Waals surface area contributed by atoms with Crippen LogP contribution in [0.3, 0.4) is 0 Å². The highest BCUT2D eigenvalue weighted by Gasteiger charge is 2.22. The van der Waals surface area contributed by atoms with Gasteiger partial charge in [0.2, 0.25) is 0 Å². The highest BCUT2D eigenvalue weighted by Crippen LogP contribution is 2.38. The molecule has 9 nitrogen and oxygen atoms in total. The lowest BCUT2D eigenvalue weighted by molar-refractivity contribution is -0.870. The van der Waals surface area contributed by atoms with Gasteiger partial charge in [-0.2, -0.15) is 0 Å². The van der Waals surface area contributed by atoms with Crippen LogP contribution in [0.5, 0.6) is 0 Å². The van der Waals surface area contributed by atoms with Crippen LogP contribution in [-0.2, 0) is 32.7 Å². The number of unbranched alkanes of at least 4 members (excludes halogenated alkanes) is 24. The molecule has 0 aliphatic heterocycles. The fourth-order valence-corrected chi connectivity index (χ4v) is 9.25. The zero-order valence-electron chi connectivity index (χ0n) is 52.0. The van der Waals surface area contributed by atoms with Crippen molar-refractivity contribution in [1.29, 1.82) is 0 Å². The van der Waals surface area contributed by atoms with Gasteiger partial charge in [-0.05, 0) is 109 Å². The second-order valence-electron chi connectivity index (χ2n) is 22.4. The summed E-state index contributed by atoms with van der Waals surface area (Å²) in [5, 5.41) is 0. The van der Waals surface area contributed by atoms with Gasteiger partial charge in [-0.1, -0.05) is 257 Å². The van der Waals surface area contributed by atoms with E-state index in [1.165, 1.54) is 116 Å². The molecule has 0 heterocycles. The van der Waals surface area contributed by atoms with Crippen LogP contribution in [0.1, 0.15) is 258 Å². The zero-order valence-corrected chi connectivity index (χ0v) is 52.9. The van der Waals surface area contributed by atoms with Gasteiger partial charge in [0.25, 0.3) is 7.82 Å². The lowest BCUT2D eigenvalue weighted by atomic mass is 10.0. The van der Waals surface area contributed by atoms with Gasteiger partial charge in [-0.15, -0.1) is 0 Å². The third-order valence-corrected chi connectivity index (χ3v) is 14.4. The Morgan fingerprint density at radius 3 is 1.06 bits per heavy atom. The lowest BCUT2D eigenvalue weighted by Gasteiger charge is -2.28. The molecule has 0 aliphatic carbocycles. The molecular weight excluding hydrogens is 1010 g/mol. The fourth-order valence-electron chi connectivity index (χ4n) is 8.53. The molecule has 0 aromatic carbocycles. The highest BCUT2D eigenvalue weighted by molar-refractivity contribution is 7.45. The SMILES string of the molecule is CC/C=C\C/C=C\C/C=C\C/C=C\C/C=C\C/C=C\C/C=C\CCCCCCCC(=O)OC(COC(=O)CCCCCCCCCCCCCCCC/C=C\C/C=C\C/C=C\CCCCCCC)COP(=O)([O-])OCC[N+](C)(C)C. The van der Waals surface area contributed by atoms with E-state index in [0.29, 0.717) is 17.4 Å². The van der Waals surface area contributed by atoms with Crippen LogP contribution in [-0.4, -0.2) is 70.0 Å². The molecule has 2 atom stereocenters. The largest absolute Gasteiger partial charge is 0.756 e. The average molecular weight is 1130 g/mol. The summed E-state index contributed by atoms with van der Waals surface area (Å²) < 4.78 is 34.2. The van der Waals surface area contributed by atoms with E-state index in [4.69, 9.17) is 18.5 Å². The molecule has 80 heavy (non-hydrogen) atoms. The molecule has 0 aromatic heterocycles. The molecule has 0 fully saturated rings. The minimum absolute atomic E-state index is 0.0412. The summed E-state index contributed by atoms with van der Waals surface area (Å²) in [5.41, 5.74) is 0. The number of rotatable bonds is 58. The van der Waals surface area contributed by atoms with Gasteiger partial charge < -0.3 is 27.9 Å². The van der Waals surface area contributed by atoms with Crippen LogP contribution in [0.2, 0.25) is 0 Å². The topological polar surface area (TPSA) is 111 Å². The number of carbonyl (C=O) groups excluding carboxylic acids is 2. The molecule has 0 amide bonds. The second kappa shape index (κ2) is 60.0. The van der Waals surface area contributed by atoms with Crippen LogP contribution in [0.25, 0.3) is 0 Å². The number of hydrogen-bond acceptors (Lipinski definition) is 8. The van der Waals surface area contributed by atoms with Gasteiger partial charge in [0.1, 0.15) is 19.8 Å². The van der Waals surface area contributed by atoms with Crippen molar-refractivity contribution < 1.29 is 42.1 Å². The summed E-state index contributed by atoms with van der Waals surface area (Å²) in [6.07, 6.45) is 85.4. The van der Waals surface area contributed by atoms with Gasteiger partial charge in [-0.25, -0.2) is 0 Å². The quantitative estimate of drug-likeness (QED) is 0.0195. The van der Waals surface area contributed by atoms with Crippen LogP contribution in [0.4, 0.5) is 0 Å². The van der Waals surface area contributed by atoms with Gasteiger partial charge in [-0.3, -0.25) is 14.2 Å². The van der Waals surface area contributed by atoms with E-state index in [9.17, 15) is 19.0 Å². The maximum atomic E-state index is 12.8. The predicted molar refractivity (Wildman–Crippen MR) is 341 cm³/mol. The van der Waals surface area contributed by atoms with Crippen LogP contribution in [0.15, 0.2) is 122 Å². The number of nitrogens with zero attached hydrogens (tertiary/aromatic N) is 1. The first-order valence-corrected chi connectivity index (χ1v) is 33.7. The van der Waals surface area contributed by atoms with Crippen molar-refractivity contribution >= 4 is 19.8 Å². The van der Waals surface area contributed by atoms with Crippen molar-refractivity contribution in [3.8, 4) is 0 Å². The van der Waals surface area contributed by atoms with Crippen molar-refractivity contribution in [2.75, 3.05) is 47.5 Å². The third-order valence-electron chi connectivity index (χ3n) is 13.5. The van der Waals surface area contributed by atoms with Crippen molar-refractivity contribution in [3.05, 3.63) is 122 Å². The molecule has 0 aliphatic rings. The molecular formula is C70H120NO8P. The molecule has 0 rings (SSSR count). The van der Waals surface area contributed by atoms with Gasteiger partial charge in [0, 0.05) is 12.8 Å². The fraction of sp³-hybridized carbons (Fsp3) is 0.686. The Hall–Kier alpha value is -3.59. The smallest absolute Gasteiger partial charge is 0.306 e. The number of quaternary nitrogens is 1. The number of carbonyl (C=O) groups is 2. The summed E-state index contributed by atoms with van der Waals surface area (Å²) in [5.74, 6) is -0.860. The Morgan fingerprint density at radius 2 is 0.713 bits per heavy atom. The van der Waals surface area contributed by atoms with E-state index in [1.807, 2.05) is 21.1 Å². The maximum Gasteiger partial charge on any atom is 0.306 e. The molecule has 0 bridgehead atoms. The number of phosphoric ester groups is 1. The van der Waals surface area contributed by atoms with Gasteiger partial charge >= 0.3 is 11.9 Å². The summed E-state index contributed by atoms with van der Waals surface area (Å²) in [6, 6.07) is 0. The molecule has 0 spiro atoms. The number of phosphoric acid groups is 1. The monoisotopic (exact) mass is 1130 g/mol.